The summed E-state index contributed by atoms with van der Waals surface area (Å²) in [7, 11) is 1.65. The van der Waals surface area contributed by atoms with Gasteiger partial charge in [-0.25, -0.2) is 0 Å². The molecule has 2 saturated heterocycles. The van der Waals surface area contributed by atoms with Gasteiger partial charge in [-0.05, 0) is 41.2 Å². The van der Waals surface area contributed by atoms with Gasteiger partial charge in [0.25, 0.3) is 0 Å². The van der Waals surface area contributed by atoms with E-state index in [1.54, 1.807) is 7.11 Å². The van der Waals surface area contributed by atoms with Crippen molar-refractivity contribution in [2.45, 2.75) is 13.0 Å². The number of methoxy groups -OCH3 is 1. The lowest BCUT2D eigenvalue weighted by molar-refractivity contribution is -0.129. The van der Waals surface area contributed by atoms with Crippen LogP contribution >= 0.6 is 0 Å². The van der Waals surface area contributed by atoms with Crippen LogP contribution in [0.4, 0.5) is 0 Å². The van der Waals surface area contributed by atoms with Crippen LogP contribution in [0.15, 0.2) is 48.8 Å². The van der Waals surface area contributed by atoms with Crippen LogP contribution in [0, 0.1) is 11.8 Å². The fourth-order valence-corrected chi connectivity index (χ4v) is 4.20. The molecule has 136 valence electrons. The summed E-state index contributed by atoms with van der Waals surface area (Å²) in [5.74, 6) is 2.27. The highest BCUT2D eigenvalue weighted by molar-refractivity contribution is 5.79. The van der Waals surface area contributed by atoms with Crippen LogP contribution < -0.4 is 4.74 Å². The molecule has 3 heterocycles. The molecule has 2 aliphatic rings. The molecule has 0 unspecified atom stereocenters. The normalized spacial score (nSPS) is 22.4. The molecule has 2 atom stereocenters. The summed E-state index contributed by atoms with van der Waals surface area (Å²) < 4.78 is 5.17. The van der Waals surface area contributed by atoms with E-state index in [2.05, 4.69) is 20.9 Å². The third kappa shape index (κ3) is 3.73. The second-order valence-electron chi connectivity index (χ2n) is 7.40. The standard InChI is InChI=1S/C21H25N3O2/c1-26-20-6-4-16(5-7-20)9-21(25)24-14-18-12-23(13-19(18)15-24)11-17-3-2-8-22-10-17/h2-8,10,18-19H,9,11-15H2,1H3/t18-,19+. The number of aromatic nitrogens is 1. The highest BCUT2D eigenvalue weighted by Gasteiger charge is 2.41. The molecule has 26 heavy (non-hydrogen) atoms. The Hall–Kier alpha value is -2.40. The van der Waals surface area contributed by atoms with E-state index in [-0.39, 0.29) is 5.91 Å². The lowest BCUT2D eigenvalue weighted by atomic mass is 10.0. The zero-order valence-electron chi connectivity index (χ0n) is 15.2. The van der Waals surface area contributed by atoms with Gasteiger partial charge in [0.15, 0.2) is 0 Å². The number of nitrogens with zero attached hydrogens (tertiary/aromatic N) is 3. The molecule has 0 radical (unpaired) electrons. The molecule has 2 aliphatic heterocycles. The van der Waals surface area contributed by atoms with Crippen molar-refractivity contribution in [3.05, 3.63) is 59.9 Å². The van der Waals surface area contributed by atoms with Crippen LogP contribution in [0.2, 0.25) is 0 Å². The van der Waals surface area contributed by atoms with Gasteiger partial charge in [-0.2, -0.15) is 0 Å². The van der Waals surface area contributed by atoms with E-state index in [1.165, 1.54) is 5.56 Å². The minimum Gasteiger partial charge on any atom is -0.497 e. The number of hydrogen-bond donors (Lipinski definition) is 0. The fourth-order valence-electron chi connectivity index (χ4n) is 4.20. The highest BCUT2D eigenvalue weighted by Crippen LogP contribution is 2.32. The SMILES string of the molecule is COc1ccc(CC(=O)N2C[C@H]3CN(Cc4cccnc4)C[C@H]3C2)cc1. The Morgan fingerprint density at radius 2 is 1.81 bits per heavy atom. The third-order valence-electron chi connectivity index (χ3n) is 5.56. The maximum absolute atomic E-state index is 12.6. The Labute approximate surface area is 154 Å². The van der Waals surface area contributed by atoms with Crippen LogP contribution in [0.3, 0.4) is 0 Å². The van der Waals surface area contributed by atoms with Crippen molar-refractivity contribution in [1.82, 2.24) is 14.8 Å². The number of hydrogen-bond acceptors (Lipinski definition) is 4. The van der Waals surface area contributed by atoms with E-state index in [1.807, 2.05) is 42.7 Å². The second kappa shape index (κ2) is 7.46. The summed E-state index contributed by atoms with van der Waals surface area (Å²) in [4.78, 5) is 21.4. The van der Waals surface area contributed by atoms with Crippen molar-refractivity contribution in [1.29, 1.82) is 0 Å². The number of pyridine rings is 1. The lowest BCUT2D eigenvalue weighted by Crippen LogP contribution is -2.34. The average molecular weight is 351 g/mol. The topological polar surface area (TPSA) is 45.7 Å². The Morgan fingerprint density at radius 3 is 2.42 bits per heavy atom. The number of carbonyl (C=O) groups excluding carboxylic acids is 1. The second-order valence-corrected chi connectivity index (χ2v) is 7.40. The van der Waals surface area contributed by atoms with E-state index < -0.39 is 0 Å². The molecule has 0 aliphatic carbocycles. The molecule has 0 N–H and O–H groups in total. The first-order chi connectivity index (χ1) is 12.7. The molecule has 0 bridgehead atoms. The van der Waals surface area contributed by atoms with Gasteiger partial charge in [0.1, 0.15) is 5.75 Å². The third-order valence-corrected chi connectivity index (χ3v) is 5.56. The van der Waals surface area contributed by atoms with Crippen LogP contribution in [0.1, 0.15) is 11.1 Å². The van der Waals surface area contributed by atoms with Crippen LogP contribution in [0.25, 0.3) is 0 Å². The Morgan fingerprint density at radius 1 is 1.08 bits per heavy atom. The Bertz CT molecular complexity index is 734. The van der Waals surface area contributed by atoms with Gasteiger partial charge in [-0.3, -0.25) is 14.7 Å². The van der Waals surface area contributed by atoms with E-state index in [9.17, 15) is 4.79 Å². The number of likely N-dealkylation sites (tertiary alicyclic amines) is 2. The van der Waals surface area contributed by atoms with E-state index in [0.717, 1.165) is 44.0 Å². The van der Waals surface area contributed by atoms with Crippen LogP contribution in [-0.4, -0.2) is 54.0 Å². The monoisotopic (exact) mass is 351 g/mol. The van der Waals surface area contributed by atoms with Gasteiger partial charge in [-0.1, -0.05) is 18.2 Å². The van der Waals surface area contributed by atoms with Crippen molar-refractivity contribution < 1.29 is 9.53 Å². The number of fused-ring (bicyclic) bond motifs is 1. The molecule has 0 spiro atoms. The fraction of sp³-hybridized carbons (Fsp3) is 0.429. The molecular weight excluding hydrogens is 326 g/mol. The predicted octanol–water partition coefficient (Wildman–Crippen LogP) is 2.22. The van der Waals surface area contributed by atoms with Crippen molar-refractivity contribution >= 4 is 5.91 Å². The predicted molar refractivity (Wildman–Crippen MR) is 99.8 cm³/mol. The summed E-state index contributed by atoms with van der Waals surface area (Å²) in [6.07, 6.45) is 4.23. The first-order valence-electron chi connectivity index (χ1n) is 9.23. The van der Waals surface area contributed by atoms with Crippen LogP contribution in [0.5, 0.6) is 5.75 Å². The van der Waals surface area contributed by atoms with Gasteiger partial charge >= 0.3 is 0 Å². The van der Waals surface area contributed by atoms with Crippen molar-refractivity contribution in [3.8, 4) is 5.75 Å². The number of carbonyl (C=O) groups is 1. The smallest absolute Gasteiger partial charge is 0.227 e. The summed E-state index contributed by atoms with van der Waals surface area (Å²) in [6, 6.07) is 11.9. The molecule has 2 fully saturated rings. The Kier molecular flexibility index (Phi) is 4.89. The summed E-state index contributed by atoms with van der Waals surface area (Å²) >= 11 is 0. The van der Waals surface area contributed by atoms with Crippen molar-refractivity contribution in [2.24, 2.45) is 11.8 Å². The summed E-state index contributed by atoms with van der Waals surface area (Å²) in [5, 5.41) is 0. The molecule has 4 rings (SSSR count). The molecule has 1 aromatic heterocycles. The molecule has 5 heteroatoms. The molecule has 1 amide bonds. The maximum atomic E-state index is 12.6. The first-order valence-corrected chi connectivity index (χ1v) is 9.23. The van der Waals surface area contributed by atoms with Gasteiger partial charge in [0, 0.05) is 45.1 Å². The maximum Gasteiger partial charge on any atom is 0.227 e. The summed E-state index contributed by atoms with van der Waals surface area (Å²) in [6.45, 7) is 4.89. The highest BCUT2D eigenvalue weighted by atomic mass is 16.5. The molecule has 5 nitrogen and oxygen atoms in total. The number of amides is 1. The molecule has 0 saturated carbocycles. The molecule has 1 aromatic carbocycles. The van der Waals surface area contributed by atoms with Gasteiger partial charge in [0.2, 0.25) is 5.91 Å². The van der Waals surface area contributed by atoms with Crippen LogP contribution in [-0.2, 0) is 17.8 Å². The number of ether oxygens (including phenoxy) is 1. The quantitative estimate of drug-likeness (QED) is 0.829. The molecular formula is C21H25N3O2. The van der Waals surface area contributed by atoms with Gasteiger partial charge in [0.05, 0.1) is 13.5 Å². The zero-order valence-corrected chi connectivity index (χ0v) is 15.2. The Balaban J connectivity index is 1.29. The van der Waals surface area contributed by atoms with E-state index >= 15 is 0 Å². The van der Waals surface area contributed by atoms with E-state index in [0.29, 0.717) is 18.3 Å². The molecule has 2 aromatic rings. The first kappa shape index (κ1) is 17.0. The van der Waals surface area contributed by atoms with E-state index in [4.69, 9.17) is 4.74 Å². The van der Waals surface area contributed by atoms with Gasteiger partial charge in [-0.15, -0.1) is 0 Å². The number of benzene rings is 1. The minimum absolute atomic E-state index is 0.239. The minimum atomic E-state index is 0.239. The largest absolute Gasteiger partial charge is 0.497 e. The van der Waals surface area contributed by atoms with Crippen molar-refractivity contribution in [3.63, 3.8) is 0 Å². The number of rotatable bonds is 5. The lowest BCUT2D eigenvalue weighted by Gasteiger charge is -2.21. The zero-order chi connectivity index (χ0) is 17.9. The van der Waals surface area contributed by atoms with Crippen molar-refractivity contribution in [2.75, 3.05) is 33.3 Å². The average Bonchev–Trinajstić information content (AvgIpc) is 3.22. The van der Waals surface area contributed by atoms with Gasteiger partial charge < -0.3 is 9.64 Å². The summed E-state index contributed by atoms with van der Waals surface area (Å²) in [5.41, 5.74) is 2.31.